The van der Waals surface area contributed by atoms with Crippen LogP contribution in [0.1, 0.15) is 67.3 Å². The maximum absolute atomic E-state index is 13.2. The molecular formula is C32H41N4NaO5. The number of hydrogen-bond acceptors (Lipinski definition) is 7. The number of carbonyl (C=O) groups excluding carboxylic acids is 3. The molecule has 2 aliphatic heterocycles. The van der Waals surface area contributed by atoms with Crippen molar-refractivity contribution in [1.29, 1.82) is 0 Å². The third kappa shape index (κ3) is 8.71. The van der Waals surface area contributed by atoms with E-state index in [-0.39, 0.29) is 47.8 Å². The van der Waals surface area contributed by atoms with Crippen molar-refractivity contribution >= 4 is 23.5 Å². The van der Waals surface area contributed by atoms with Crippen molar-refractivity contribution in [1.82, 2.24) is 14.8 Å². The second kappa shape index (κ2) is 15.7. The van der Waals surface area contributed by atoms with Crippen LogP contribution in [0.3, 0.4) is 0 Å². The molecular weight excluding hydrogens is 543 g/mol. The summed E-state index contributed by atoms with van der Waals surface area (Å²) in [5.74, 6) is 0.0945. The van der Waals surface area contributed by atoms with Crippen molar-refractivity contribution in [3.05, 3.63) is 53.9 Å². The fourth-order valence-electron chi connectivity index (χ4n) is 6.28. The van der Waals surface area contributed by atoms with Crippen molar-refractivity contribution in [3.63, 3.8) is 0 Å². The molecule has 0 N–H and O–H groups in total. The number of amides is 2. The van der Waals surface area contributed by atoms with Crippen molar-refractivity contribution in [3.8, 4) is 5.75 Å². The first kappa shape index (κ1) is 32.3. The molecule has 1 aromatic carbocycles. The van der Waals surface area contributed by atoms with E-state index in [0.29, 0.717) is 64.3 Å². The summed E-state index contributed by atoms with van der Waals surface area (Å²) in [6, 6.07) is 9.41. The van der Waals surface area contributed by atoms with Crippen LogP contribution in [0, 0.1) is 11.8 Å². The number of pyridine rings is 1. The Labute approximate surface area is 270 Å². The van der Waals surface area contributed by atoms with E-state index in [1.54, 1.807) is 12.4 Å². The van der Waals surface area contributed by atoms with Gasteiger partial charge in [-0.3, -0.25) is 14.6 Å². The molecule has 220 valence electrons. The van der Waals surface area contributed by atoms with Gasteiger partial charge in [0, 0.05) is 62.9 Å². The van der Waals surface area contributed by atoms with Gasteiger partial charge in [0.15, 0.2) is 0 Å². The van der Waals surface area contributed by atoms with Crippen LogP contribution in [0.15, 0.2) is 42.7 Å². The molecule has 0 atom stereocenters. The monoisotopic (exact) mass is 584 g/mol. The minimum atomic E-state index is -0.980. The Kier molecular flexibility index (Phi) is 12.1. The first-order chi connectivity index (χ1) is 20.0. The standard InChI is InChI=1S/C32H42N4O5.Na/c37-30(20-25-19-28(23-33-22-25)34-12-9-26(10-13-34)32(39)40)35-14-16-36(17-15-35)31(38)27-7-4-8-29(21-27)41-18-11-24-5-2-1-3-6-24;/h4,7-8,19,21-24,26H,1-3,5-6,9-18,20H2,(H,39,40);/q;+1/p-1. The fraction of sp³-hybridized carbons (Fsp3) is 0.562. The van der Waals surface area contributed by atoms with E-state index in [2.05, 4.69) is 9.88 Å². The predicted octanol–water partition coefficient (Wildman–Crippen LogP) is -0.0718. The van der Waals surface area contributed by atoms with Gasteiger partial charge in [0.05, 0.1) is 24.9 Å². The number of aliphatic carboxylic acids is 1. The van der Waals surface area contributed by atoms with Gasteiger partial charge < -0.3 is 29.3 Å². The van der Waals surface area contributed by atoms with E-state index >= 15 is 0 Å². The van der Waals surface area contributed by atoms with Crippen LogP contribution in [-0.2, 0) is 16.0 Å². The van der Waals surface area contributed by atoms with Gasteiger partial charge in [-0.15, -0.1) is 0 Å². The van der Waals surface area contributed by atoms with E-state index in [1.807, 2.05) is 40.1 Å². The molecule has 0 bridgehead atoms. The van der Waals surface area contributed by atoms with Gasteiger partial charge >= 0.3 is 29.6 Å². The van der Waals surface area contributed by atoms with Gasteiger partial charge in [0.25, 0.3) is 5.91 Å². The van der Waals surface area contributed by atoms with E-state index < -0.39 is 11.9 Å². The number of carboxylic acid groups (broad SMARTS) is 1. The quantitative estimate of drug-likeness (QED) is 0.380. The summed E-state index contributed by atoms with van der Waals surface area (Å²) in [4.78, 5) is 47.5. The van der Waals surface area contributed by atoms with Crippen molar-refractivity contribution in [2.24, 2.45) is 11.8 Å². The van der Waals surface area contributed by atoms with E-state index in [9.17, 15) is 19.5 Å². The largest absolute Gasteiger partial charge is 1.00 e. The topological polar surface area (TPSA) is 106 Å². The molecule has 0 spiro atoms. The number of piperidine rings is 1. The number of ether oxygens (including phenoxy) is 1. The Morgan fingerprint density at radius 2 is 1.60 bits per heavy atom. The summed E-state index contributed by atoms with van der Waals surface area (Å²) >= 11 is 0. The number of carboxylic acids is 1. The molecule has 9 nitrogen and oxygen atoms in total. The molecule has 1 aliphatic carbocycles. The van der Waals surface area contributed by atoms with Gasteiger partial charge in [-0.1, -0.05) is 38.2 Å². The number of piperazine rings is 1. The summed E-state index contributed by atoms with van der Waals surface area (Å²) in [5.41, 5.74) is 2.35. The van der Waals surface area contributed by atoms with Gasteiger partial charge in [-0.05, 0) is 55.0 Å². The summed E-state index contributed by atoms with van der Waals surface area (Å²) in [6.07, 6.45) is 12.5. The summed E-state index contributed by atoms with van der Waals surface area (Å²) in [6.45, 7) is 3.90. The maximum Gasteiger partial charge on any atom is 1.00 e. The second-order valence-electron chi connectivity index (χ2n) is 11.7. The molecule has 5 rings (SSSR count). The third-order valence-electron chi connectivity index (χ3n) is 8.85. The van der Waals surface area contributed by atoms with Crippen molar-refractivity contribution < 1.29 is 53.8 Å². The Morgan fingerprint density at radius 3 is 2.31 bits per heavy atom. The molecule has 2 aromatic rings. The van der Waals surface area contributed by atoms with Crippen LogP contribution in [0.4, 0.5) is 5.69 Å². The number of hydrogen-bond donors (Lipinski definition) is 0. The third-order valence-corrected chi connectivity index (χ3v) is 8.85. The van der Waals surface area contributed by atoms with Crippen LogP contribution >= 0.6 is 0 Å². The van der Waals surface area contributed by atoms with Crippen LogP contribution < -0.4 is 44.3 Å². The van der Waals surface area contributed by atoms with Crippen LogP contribution in [-0.4, -0.2) is 78.4 Å². The molecule has 0 unspecified atom stereocenters. The van der Waals surface area contributed by atoms with Crippen LogP contribution in [0.2, 0.25) is 0 Å². The minimum Gasteiger partial charge on any atom is -0.550 e. The molecule has 10 heteroatoms. The molecule has 42 heavy (non-hydrogen) atoms. The number of benzene rings is 1. The smallest absolute Gasteiger partial charge is 0.550 e. The number of nitrogens with zero attached hydrogens (tertiary/aromatic N) is 4. The summed E-state index contributed by atoms with van der Waals surface area (Å²) in [5, 5.41) is 11.1. The number of anilines is 1. The average Bonchev–Trinajstić information content (AvgIpc) is 3.01. The molecule has 3 fully saturated rings. The van der Waals surface area contributed by atoms with Gasteiger partial charge in [-0.2, -0.15) is 0 Å². The molecule has 3 aliphatic rings. The second-order valence-corrected chi connectivity index (χ2v) is 11.7. The average molecular weight is 585 g/mol. The number of carbonyl (C=O) groups is 3. The van der Waals surface area contributed by atoms with E-state index in [4.69, 9.17) is 4.74 Å². The zero-order valence-corrected chi connectivity index (χ0v) is 26.8. The summed E-state index contributed by atoms with van der Waals surface area (Å²) < 4.78 is 6.00. The number of rotatable bonds is 9. The zero-order valence-electron chi connectivity index (χ0n) is 24.8. The molecule has 0 radical (unpaired) electrons. The minimum absolute atomic E-state index is 0. The predicted molar refractivity (Wildman–Crippen MR) is 153 cm³/mol. The normalized spacial score (nSPS) is 18.3. The molecule has 2 amide bonds. The van der Waals surface area contributed by atoms with Crippen molar-refractivity contribution in [2.45, 2.75) is 57.8 Å². The van der Waals surface area contributed by atoms with Gasteiger partial charge in [0.1, 0.15) is 5.75 Å². The number of aromatic nitrogens is 1. The molecule has 3 heterocycles. The zero-order chi connectivity index (χ0) is 28.6. The first-order valence-corrected chi connectivity index (χ1v) is 15.2. The molecule has 1 saturated carbocycles. The van der Waals surface area contributed by atoms with Gasteiger partial charge in [-0.25, -0.2) is 0 Å². The molecule has 2 saturated heterocycles. The Bertz CT molecular complexity index is 1200. The van der Waals surface area contributed by atoms with Crippen LogP contribution in [0.5, 0.6) is 5.75 Å². The Balaban J connectivity index is 0.00000405. The van der Waals surface area contributed by atoms with E-state index in [0.717, 1.165) is 29.3 Å². The van der Waals surface area contributed by atoms with Crippen LogP contribution in [0.25, 0.3) is 0 Å². The first-order valence-electron chi connectivity index (χ1n) is 15.2. The maximum atomic E-state index is 13.2. The Hall–Kier alpha value is -2.62. The summed E-state index contributed by atoms with van der Waals surface area (Å²) in [7, 11) is 0. The van der Waals surface area contributed by atoms with E-state index in [1.165, 1.54) is 32.1 Å². The SMILES string of the molecule is O=C([O-])C1CCN(c2cncc(CC(=O)N3CCN(C(=O)c4cccc(OCCC5CCCCC5)c4)CC3)c2)CC1.[Na+]. The van der Waals surface area contributed by atoms with Crippen molar-refractivity contribution in [2.75, 3.05) is 50.8 Å². The molecule has 1 aromatic heterocycles. The van der Waals surface area contributed by atoms with Gasteiger partial charge in [0.2, 0.25) is 5.91 Å². The fourth-order valence-corrected chi connectivity index (χ4v) is 6.28. The Morgan fingerprint density at radius 1 is 0.881 bits per heavy atom.